The molecule has 9 heteroatoms. The van der Waals surface area contributed by atoms with E-state index in [1.165, 1.54) is 18.2 Å². The minimum Gasteiger partial charge on any atom is -0.355 e. The number of nitrogens with zero attached hydrogens (tertiary/aromatic N) is 2. The van der Waals surface area contributed by atoms with E-state index in [4.69, 9.17) is 5.26 Å². The van der Waals surface area contributed by atoms with E-state index in [0.717, 1.165) is 0 Å². The highest BCUT2D eigenvalue weighted by molar-refractivity contribution is 6.49. The number of amides is 1. The van der Waals surface area contributed by atoms with Crippen molar-refractivity contribution in [3.63, 3.8) is 0 Å². The van der Waals surface area contributed by atoms with Gasteiger partial charge < -0.3 is 10.4 Å². The molecule has 0 aliphatic carbocycles. The molecule has 0 fully saturated rings. The van der Waals surface area contributed by atoms with E-state index in [9.17, 15) is 27.9 Å². The quantitative estimate of drug-likeness (QED) is 0.814. The van der Waals surface area contributed by atoms with Gasteiger partial charge in [-0.15, -0.1) is 0 Å². The van der Waals surface area contributed by atoms with E-state index in [2.05, 4.69) is 4.99 Å². The van der Waals surface area contributed by atoms with Crippen LogP contribution in [0, 0.1) is 24.2 Å². The van der Waals surface area contributed by atoms with Crippen molar-refractivity contribution in [2.24, 2.45) is 10.9 Å². The molecule has 0 saturated heterocycles. The van der Waals surface area contributed by atoms with Crippen LogP contribution >= 0.6 is 0 Å². The van der Waals surface area contributed by atoms with Crippen molar-refractivity contribution in [2.45, 2.75) is 25.9 Å². The first-order valence-corrected chi connectivity index (χ1v) is 6.80. The van der Waals surface area contributed by atoms with Gasteiger partial charge >= 0.3 is 6.18 Å². The lowest BCUT2D eigenvalue weighted by Crippen LogP contribution is -2.49. The number of ketones is 1. The van der Waals surface area contributed by atoms with Crippen molar-refractivity contribution in [3.8, 4) is 6.07 Å². The highest BCUT2D eigenvalue weighted by Crippen LogP contribution is 2.28. The Hall–Kier alpha value is -2.73. The van der Waals surface area contributed by atoms with Crippen LogP contribution in [0.2, 0.25) is 0 Å². The van der Waals surface area contributed by atoms with Crippen molar-refractivity contribution in [1.82, 2.24) is 5.32 Å². The van der Waals surface area contributed by atoms with Crippen molar-refractivity contribution in [2.75, 3.05) is 0 Å². The van der Waals surface area contributed by atoms with Gasteiger partial charge in [0.25, 0.3) is 0 Å². The van der Waals surface area contributed by atoms with E-state index in [1.807, 2.05) is 11.4 Å². The summed E-state index contributed by atoms with van der Waals surface area (Å²) in [5, 5.41) is 20.2. The maximum absolute atomic E-state index is 12.7. The second-order valence-corrected chi connectivity index (χ2v) is 5.30. The number of hydrogen-bond donors (Lipinski definition) is 2. The molecule has 1 aromatic carbocycles. The predicted molar refractivity (Wildman–Crippen MR) is 76.0 cm³/mol. The second kappa shape index (κ2) is 6.41. The summed E-state index contributed by atoms with van der Waals surface area (Å²) in [4.78, 5) is 27.7. The Morgan fingerprint density at radius 2 is 2.08 bits per heavy atom. The molecule has 2 atom stereocenters. The van der Waals surface area contributed by atoms with Gasteiger partial charge in [0.15, 0.2) is 0 Å². The monoisotopic (exact) mass is 339 g/mol. The number of aliphatic imine (C=N–C) groups is 1. The Morgan fingerprint density at radius 1 is 1.42 bits per heavy atom. The summed E-state index contributed by atoms with van der Waals surface area (Å²) in [5.41, 5.74) is -0.0595. The summed E-state index contributed by atoms with van der Waals surface area (Å²) in [5.74, 6) is -3.92. The number of benzene rings is 1. The van der Waals surface area contributed by atoms with Gasteiger partial charge in [0.05, 0.1) is 24.0 Å². The first-order valence-electron chi connectivity index (χ1n) is 6.80. The number of nitrogens with one attached hydrogen (secondary N) is 1. The number of aliphatic hydroxyl groups is 1. The van der Waals surface area contributed by atoms with Crippen LogP contribution in [0.1, 0.15) is 27.9 Å². The maximum atomic E-state index is 12.7. The van der Waals surface area contributed by atoms with Crippen molar-refractivity contribution < 1.29 is 27.9 Å². The largest absolute Gasteiger partial charge is 0.390 e. The topological polar surface area (TPSA) is 103 Å². The average Bonchev–Trinajstić information content (AvgIpc) is 2.47. The number of Topliss-reactive ketones (excluding diaryl/α,β-unsaturated/α-hetero) is 1. The van der Waals surface area contributed by atoms with Gasteiger partial charge in [0, 0.05) is 5.56 Å². The zero-order valence-corrected chi connectivity index (χ0v) is 12.4. The van der Waals surface area contributed by atoms with E-state index in [0.29, 0.717) is 5.56 Å². The molecule has 0 spiro atoms. The molecule has 0 bridgehead atoms. The van der Waals surface area contributed by atoms with Gasteiger partial charge in [0.1, 0.15) is 5.71 Å². The Labute approximate surface area is 134 Å². The lowest BCUT2D eigenvalue weighted by Gasteiger charge is -2.25. The number of aliphatic hydroxyl groups excluding tert-OH is 1. The van der Waals surface area contributed by atoms with E-state index < -0.39 is 42.3 Å². The highest BCUT2D eigenvalue weighted by Gasteiger charge is 2.43. The molecule has 1 aliphatic rings. The number of aryl methyl sites for hydroxylation is 1. The number of nitriles is 1. The normalized spacial score (nSPS) is 20.8. The second-order valence-electron chi connectivity index (χ2n) is 5.30. The van der Waals surface area contributed by atoms with Crippen molar-refractivity contribution in [1.29, 1.82) is 5.26 Å². The van der Waals surface area contributed by atoms with Gasteiger partial charge in [-0.2, -0.15) is 18.4 Å². The predicted octanol–water partition coefficient (Wildman–Crippen LogP) is 1.46. The van der Waals surface area contributed by atoms with Crippen LogP contribution in [0.5, 0.6) is 0 Å². The van der Waals surface area contributed by atoms with E-state index >= 15 is 0 Å². The Morgan fingerprint density at radius 3 is 2.67 bits per heavy atom. The molecule has 1 aliphatic heterocycles. The molecule has 2 unspecified atom stereocenters. The zero-order chi connectivity index (χ0) is 18.1. The molecular formula is C15H12F3N3O3. The molecule has 0 aromatic heterocycles. The number of alkyl halides is 3. The molecule has 24 heavy (non-hydrogen) atoms. The SMILES string of the molecule is Cc1cc(C#N)cc(C(=O)C2=NC(O)NC(=O)C2CC(F)(F)F)c1. The Kier molecular flexibility index (Phi) is 4.71. The molecule has 1 amide bonds. The fraction of sp³-hybridized carbons (Fsp3) is 0.333. The van der Waals surface area contributed by atoms with Gasteiger partial charge in [-0.3, -0.25) is 9.59 Å². The summed E-state index contributed by atoms with van der Waals surface area (Å²) in [6, 6.07) is 5.89. The maximum Gasteiger partial charge on any atom is 0.390 e. The molecule has 1 aromatic rings. The molecule has 1 heterocycles. The van der Waals surface area contributed by atoms with Crippen LogP contribution in [-0.2, 0) is 4.79 Å². The zero-order valence-electron chi connectivity index (χ0n) is 12.4. The smallest absolute Gasteiger partial charge is 0.355 e. The summed E-state index contributed by atoms with van der Waals surface area (Å²) >= 11 is 0. The summed E-state index contributed by atoms with van der Waals surface area (Å²) in [7, 11) is 0. The molecule has 2 rings (SSSR count). The summed E-state index contributed by atoms with van der Waals surface area (Å²) in [6.07, 6.45) is -8.07. The van der Waals surface area contributed by atoms with Crippen molar-refractivity contribution >= 4 is 17.4 Å². The van der Waals surface area contributed by atoms with Crippen LogP contribution in [0.15, 0.2) is 23.2 Å². The number of halogens is 3. The summed E-state index contributed by atoms with van der Waals surface area (Å²) < 4.78 is 38.0. The molecule has 6 nitrogen and oxygen atoms in total. The average molecular weight is 339 g/mol. The van der Waals surface area contributed by atoms with Gasteiger partial charge in [0.2, 0.25) is 18.0 Å². The molecule has 0 radical (unpaired) electrons. The van der Waals surface area contributed by atoms with Crippen LogP contribution in [0.3, 0.4) is 0 Å². The molecule has 2 N–H and O–H groups in total. The van der Waals surface area contributed by atoms with Crippen LogP contribution < -0.4 is 5.32 Å². The first-order chi connectivity index (χ1) is 11.1. The Bertz CT molecular complexity index is 765. The number of carbonyl (C=O) groups is 2. The lowest BCUT2D eigenvalue weighted by molar-refractivity contribution is -0.151. The minimum atomic E-state index is -4.70. The first kappa shape index (κ1) is 17.6. The number of rotatable bonds is 3. The third kappa shape index (κ3) is 3.97. The van der Waals surface area contributed by atoms with E-state index in [-0.39, 0.29) is 11.1 Å². The van der Waals surface area contributed by atoms with Gasteiger partial charge in [-0.25, -0.2) is 4.99 Å². The van der Waals surface area contributed by atoms with Crippen molar-refractivity contribution in [3.05, 3.63) is 34.9 Å². The molecule has 0 saturated carbocycles. The summed E-state index contributed by atoms with van der Waals surface area (Å²) in [6.45, 7) is 1.61. The number of carbonyl (C=O) groups excluding carboxylic acids is 2. The third-order valence-corrected chi connectivity index (χ3v) is 3.32. The van der Waals surface area contributed by atoms with Gasteiger partial charge in [-0.05, 0) is 30.7 Å². The fourth-order valence-corrected chi connectivity index (χ4v) is 2.37. The van der Waals surface area contributed by atoms with E-state index in [1.54, 1.807) is 6.92 Å². The Balaban J connectivity index is 2.46. The minimum absolute atomic E-state index is 0.0700. The number of hydrogen-bond acceptors (Lipinski definition) is 5. The van der Waals surface area contributed by atoms with Crippen LogP contribution in [-0.4, -0.2) is 35.0 Å². The van der Waals surface area contributed by atoms with Gasteiger partial charge in [-0.1, -0.05) is 0 Å². The highest BCUT2D eigenvalue weighted by atomic mass is 19.4. The third-order valence-electron chi connectivity index (χ3n) is 3.32. The molecular weight excluding hydrogens is 327 g/mol. The van der Waals surface area contributed by atoms with Crippen LogP contribution in [0.4, 0.5) is 13.2 Å². The van der Waals surface area contributed by atoms with Crippen LogP contribution in [0.25, 0.3) is 0 Å². The lowest BCUT2D eigenvalue weighted by atomic mass is 9.90. The standard InChI is InChI=1S/C15H12F3N3O3/c1-7-2-8(6-19)4-9(3-7)12(22)11-10(5-15(16,17)18)13(23)21-14(24)20-11/h2-4,10,14,24H,5H2,1H3,(H,21,23). The molecule has 126 valence electrons. The fourth-order valence-electron chi connectivity index (χ4n) is 2.37.